The normalized spacial score (nSPS) is 16.5. The summed E-state index contributed by atoms with van der Waals surface area (Å²) in [5.74, 6) is -0.778. The Kier molecular flexibility index (Phi) is 8.10. The van der Waals surface area contributed by atoms with E-state index >= 15 is 0 Å². The summed E-state index contributed by atoms with van der Waals surface area (Å²) in [5, 5.41) is -0.650. The van der Waals surface area contributed by atoms with Crippen LogP contribution in [0, 0.1) is 10.8 Å². The predicted octanol–water partition coefficient (Wildman–Crippen LogP) is 6.63. The number of hydrogen-bond donors (Lipinski definition) is 0. The molecule has 0 aromatic heterocycles. The summed E-state index contributed by atoms with van der Waals surface area (Å²) >= 11 is 0. The average Bonchev–Trinajstić information content (AvgIpc) is 2.50. The van der Waals surface area contributed by atoms with Gasteiger partial charge in [0.15, 0.2) is 0 Å². The van der Waals surface area contributed by atoms with E-state index in [2.05, 4.69) is 50.8 Å². The molecule has 0 radical (unpaired) electrons. The fraction of sp³-hybridized carbons (Fsp3) is 0.667. The lowest BCUT2D eigenvalue weighted by Gasteiger charge is -2.34. The van der Waals surface area contributed by atoms with Crippen LogP contribution in [-0.4, -0.2) is 22.9 Å². The molecule has 0 aliphatic carbocycles. The topological polar surface area (TPSA) is 52.6 Å². The average molecular weight is 423 g/mol. The van der Waals surface area contributed by atoms with Crippen molar-refractivity contribution < 1.29 is 19.1 Å². The molecule has 4 nitrogen and oxygen atoms in total. The second-order valence-corrected chi connectivity index (χ2v) is 12.2. The summed E-state index contributed by atoms with van der Waals surface area (Å²) in [4.78, 5) is 25.1. The van der Waals surface area contributed by atoms with Crippen LogP contribution in [0.1, 0.15) is 102 Å². The largest absolute Gasteiger partial charge is 0.456 e. The zero-order valence-electron chi connectivity index (χ0n) is 19.6. The molecule has 0 fully saturated rings. The van der Waals surface area contributed by atoms with Crippen molar-refractivity contribution in [2.75, 3.05) is 0 Å². The fourth-order valence-electron chi connectivity index (χ4n) is 3.74. The molecule has 0 spiro atoms. The third-order valence-corrected chi connectivity index (χ3v) is 4.88. The van der Waals surface area contributed by atoms with Gasteiger partial charge in [-0.3, -0.25) is 0 Å². The Labute approximate surface area is 179 Å². The second kappa shape index (κ2) is 9.16. The zero-order valence-corrected chi connectivity index (χ0v) is 20.8. The molecule has 0 saturated carbocycles. The standard InChI is InChI=1S/C24H39O4P/c1-10-23(8,15-21(2,3)4)27-19(25)17-11-13-18(14-12-17)20(26)28-24(9,29)16-22(5,6)7/h11-14H,10,15-16,29H2,1-9H3. The molecule has 0 bridgehead atoms. The molecule has 0 aliphatic rings. The molecule has 3 unspecified atom stereocenters. The Hall–Kier alpha value is -1.41. The first kappa shape index (κ1) is 25.6. The van der Waals surface area contributed by atoms with Crippen molar-refractivity contribution in [2.45, 2.75) is 92.5 Å². The van der Waals surface area contributed by atoms with Crippen molar-refractivity contribution in [2.24, 2.45) is 10.8 Å². The summed E-state index contributed by atoms with van der Waals surface area (Å²) in [6.45, 7) is 18.6. The highest BCUT2D eigenvalue weighted by molar-refractivity contribution is 7.18. The molecule has 3 atom stereocenters. The SMILES string of the molecule is CCC(C)(CC(C)(C)C)OC(=O)c1ccc(C(=O)OC(C)(P)CC(C)(C)C)cc1. The molecule has 0 heterocycles. The first-order valence-corrected chi connectivity index (χ1v) is 10.9. The van der Waals surface area contributed by atoms with E-state index in [1.165, 1.54) is 0 Å². The van der Waals surface area contributed by atoms with Gasteiger partial charge in [0.05, 0.1) is 11.1 Å². The maximum Gasteiger partial charge on any atom is 0.338 e. The molecule has 1 rings (SSSR count). The quantitative estimate of drug-likeness (QED) is 0.365. The Balaban J connectivity index is 2.85. The van der Waals surface area contributed by atoms with Crippen LogP contribution in [0.2, 0.25) is 0 Å². The number of benzene rings is 1. The second-order valence-electron chi connectivity index (χ2n) is 10.9. The van der Waals surface area contributed by atoms with Crippen molar-refractivity contribution in [1.29, 1.82) is 0 Å². The molecule has 0 saturated heterocycles. The molecule has 0 N–H and O–H groups in total. The first-order valence-electron chi connectivity index (χ1n) is 10.3. The van der Waals surface area contributed by atoms with Crippen LogP contribution >= 0.6 is 9.24 Å². The van der Waals surface area contributed by atoms with Crippen molar-refractivity contribution in [1.82, 2.24) is 0 Å². The summed E-state index contributed by atoms with van der Waals surface area (Å²) in [6, 6.07) is 6.47. The highest BCUT2D eigenvalue weighted by Gasteiger charge is 2.33. The molecule has 29 heavy (non-hydrogen) atoms. The van der Waals surface area contributed by atoms with Gasteiger partial charge in [-0.1, -0.05) is 57.7 Å². The Bertz CT molecular complexity index is 708. The highest BCUT2D eigenvalue weighted by atomic mass is 31.0. The molecule has 0 aliphatic heterocycles. The number of carbonyl (C=O) groups excluding carboxylic acids is 2. The molecule has 1 aromatic carbocycles. The predicted molar refractivity (Wildman–Crippen MR) is 122 cm³/mol. The zero-order chi connectivity index (χ0) is 22.7. The maximum atomic E-state index is 12.6. The summed E-state index contributed by atoms with van der Waals surface area (Å²) in [7, 11) is 2.62. The van der Waals surface area contributed by atoms with Crippen LogP contribution < -0.4 is 0 Å². The minimum Gasteiger partial charge on any atom is -0.456 e. The number of carbonyl (C=O) groups is 2. The first-order chi connectivity index (χ1) is 13.0. The van der Waals surface area contributed by atoms with Crippen LogP contribution in [0.25, 0.3) is 0 Å². The number of ether oxygens (including phenoxy) is 2. The molecule has 164 valence electrons. The molecule has 5 heteroatoms. The Morgan fingerprint density at radius 1 is 0.759 bits per heavy atom. The van der Waals surface area contributed by atoms with Gasteiger partial charge in [-0.15, -0.1) is 0 Å². The van der Waals surface area contributed by atoms with E-state index in [-0.39, 0.29) is 16.8 Å². The smallest absolute Gasteiger partial charge is 0.338 e. The number of esters is 2. The Morgan fingerprint density at radius 2 is 1.14 bits per heavy atom. The molecular weight excluding hydrogens is 383 g/mol. The van der Waals surface area contributed by atoms with Crippen LogP contribution in [-0.2, 0) is 9.47 Å². The van der Waals surface area contributed by atoms with Crippen LogP contribution in [0.15, 0.2) is 24.3 Å². The van der Waals surface area contributed by atoms with Gasteiger partial charge in [0.1, 0.15) is 10.9 Å². The highest BCUT2D eigenvalue weighted by Crippen LogP contribution is 2.35. The fourth-order valence-corrected chi connectivity index (χ4v) is 4.46. The van der Waals surface area contributed by atoms with E-state index in [0.29, 0.717) is 17.5 Å². The Morgan fingerprint density at radius 3 is 1.48 bits per heavy atom. The van der Waals surface area contributed by atoms with Gasteiger partial charge < -0.3 is 9.47 Å². The number of hydrogen-bond acceptors (Lipinski definition) is 4. The lowest BCUT2D eigenvalue weighted by Crippen LogP contribution is -2.35. The van der Waals surface area contributed by atoms with Crippen LogP contribution in [0.3, 0.4) is 0 Å². The number of rotatable bonds is 7. The van der Waals surface area contributed by atoms with Gasteiger partial charge in [-0.2, -0.15) is 0 Å². The van der Waals surface area contributed by atoms with E-state index in [1.807, 2.05) is 20.8 Å². The van der Waals surface area contributed by atoms with Crippen molar-refractivity contribution in [3.63, 3.8) is 0 Å². The van der Waals surface area contributed by atoms with Gasteiger partial charge in [-0.05, 0) is 68.2 Å². The minimum atomic E-state index is -0.650. The maximum absolute atomic E-state index is 12.6. The molecule has 1 aromatic rings. The summed E-state index contributed by atoms with van der Waals surface area (Å²) in [5.41, 5.74) is 0.400. The van der Waals surface area contributed by atoms with Gasteiger partial charge in [-0.25, -0.2) is 9.59 Å². The van der Waals surface area contributed by atoms with Gasteiger partial charge in [0.25, 0.3) is 0 Å². The van der Waals surface area contributed by atoms with E-state index < -0.39 is 16.9 Å². The third-order valence-electron chi connectivity index (χ3n) is 4.55. The molecular formula is C24H39O4P. The lowest BCUT2D eigenvalue weighted by atomic mass is 9.81. The van der Waals surface area contributed by atoms with E-state index in [1.54, 1.807) is 24.3 Å². The van der Waals surface area contributed by atoms with Gasteiger partial charge >= 0.3 is 11.9 Å². The summed E-state index contributed by atoms with van der Waals surface area (Å²) in [6.07, 6.45) is 2.22. The van der Waals surface area contributed by atoms with Crippen molar-refractivity contribution in [3.8, 4) is 0 Å². The monoisotopic (exact) mass is 422 g/mol. The van der Waals surface area contributed by atoms with Crippen LogP contribution in [0.4, 0.5) is 0 Å². The van der Waals surface area contributed by atoms with Gasteiger partial charge in [0.2, 0.25) is 0 Å². The van der Waals surface area contributed by atoms with Gasteiger partial charge in [0, 0.05) is 0 Å². The minimum absolute atomic E-state index is 0.0311. The lowest BCUT2D eigenvalue weighted by molar-refractivity contribution is -0.0298. The van der Waals surface area contributed by atoms with Crippen molar-refractivity contribution in [3.05, 3.63) is 35.4 Å². The summed E-state index contributed by atoms with van der Waals surface area (Å²) < 4.78 is 11.5. The van der Waals surface area contributed by atoms with Crippen LogP contribution in [0.5, 0.6) is 0 Å². The molecule has 0 amide bonds. The third kappa shape index (κ3) is 9.30. The van der Waals surface area contributed by atoms with E-state index in [9.17, 15) is 9.59 Å². The van der Waals surface area contributed by atoms with E-state index in [0.717, 1.165) is 12.8 Å². The van der Waals surface area contributed by atoms with E-state index in [4.69, 9.17) is 9.47 Å². The van der Waals surface area contributed by atoms with Crippen molar-refractivity contribution >= 4 is 21.2 Å².